The topological polar surface area (TPSA) is 79.0 Å². The van der Waals surface area contributed by atoms with Crippen molar-refractivity contribution in [1.29, 1.82) is 0 Å². The van der Waals surface area contributed by atoms with Crippen molar-refractivity contribution in [2.24, 2.45) is 0 Å². The molecule has 0 aliphatic rings. The van der Waals surface area contributed by atoms with Crippen molar-refractivity contribution in [3.8, 4) is 0 Å². The fourth-order valence-corrected chi connectivity index (χ4v) is 4.41. The number of aromatic nitrogens is 1. The van der Waals surface area contributed by atoms with Gasteiger partial charge in [0, 0.05) is 5.02 Å². The second-order valence-electron chi connectivity index (χ2n) is 4.74. The van der Waals surface area contributed by atoms with Gasteiger partial charge in [-0.2, -0.15) is 0 Å². The molecule has 0 amide bonds. The molecular formula is C14H11ClN2O3S2. The van der Waals surface area contributed by atoms with Gasteiger partial charge < -0.3 is 4.98 Å². The molecule has 0 radical (unpaired) electrons. The van der Waals surface area contributed by atoms with Crippen molar-refractivity contribution < 1.29 is 8.42 Å². The summed E-state index contributed by atoms with van der Waals surface area (Å²) in [5, 5.41) is 0.481. The van der Waals surface area contributed by atoms with Crippen LogP contribution >= 0.6 is 22.9 Å². The molecule has 22 heavy (non-hydrogen) atoms. The van der Waals surface area contributed by atoms with Crippen molar-refractivity contribution in [2.75, 3.05) is 4.72 Å². The summed E-state index contributed by atoms with van der Waals surface area (Å²) >= 11 is 6.88. The van der Waals surface area contributed by atoms with Crippen molar-refractivity contribution in [2.45, 2.75) is 11.8 Å². The first-order valence-corrected chi connectivity index (χ1v) is 8.95. The molecule has 8 heteroatoms. The average Bonchev–Trinajstić information content (AvgIpc) is 2.77. The number of hydrogen-bond donors (Lipinski definition) is 2. The van der Waals surface area contributed by atoms with Gasteiger partial charge >= 0.3 is 4.87 Å². The third-order valence-electron chi connectivity index (χ3n) is 3.10. The predicted octanol–water partition coefficient (Wildman–Crippen LogP) is 3.35. The molecule has 0 spiro atoms. The maximum Gasteiger partial charge on any atom is 0.305 e. The molecule has 0 saturated carbocycles. The molecule has 0 aliphatic carbocycles. The number of benzene rings is 2. The number of rotatable bonds is 3. The van der Waals surface area contributed by atoms with E-state index in [0.29, 0.717) is 26.5 Å². The van der Waals surface area contributed by atoms with E-state index in [4.69, 9.17) is 11.6 Å². The number of thiazole rings is 1. The fourth-order valence-electron chi connectivity index (χ4n) is 2.13. The maximum absolute atomic E-state index is 12.5. The van der Waals surface area contributed by atoms with E-state index < -0.39 is 10.0 Å². The zero-order chi connectivity index (χ0) is 15.9. The van der Waals surface area contributed by atoms with Crippen molar-refractivity contribution >= 4 is 48.9 Å². The summed E-state index contributed by atoms with van der Waals surface area (Å²) in [6, 6.07) is 9.49. The summed E-state index contributed by atoms with van der Waals surface area (Å²) in [6.07, 6.45) is 0. The Morgan fingerprint density at radius 1 is 1.18 bits per heavy atom. The Morgan fingerprint density at radius 3 is 2.68 bits per heavy atom. The number of H-pyrrole nitrogens is 1. The number of sulfonamides is 1. The Balaban J connectivity index is 2.00. The fraction of sp³-hybridized carbons (Fsp3) is 0.0714. The van der Waals surface area contributed by atoms with Crippen LogP contribution in [0.3, 0.4) is 0 Å². The first-order valence-electron chi connectivity index (χ1n) is 6.27. The van der Waals surface area contributed by atoms with Gasteiger partial charge in [0.25, 0.3) is 10.0 Å². The zero-order valence-electron chi connectivity index (χ0n) is 11.4. The van der Waals surface area contributed by atoms with Crippen LogP contribution in [-0.2, 0) is 10.0 Å². The molecule has 0 aliphatic heterocycles. The molecule has 0 saturated heterocycles. The van der Waals surface area contributed by atoms with Gasteiger partial charge in [0.15, 0.2) is 0 Å². The van der Waals surface area contributed by atoms with Gasteiger partial charge in [-0.3, -0.25) is 9.52 Å². The molecule has 3 aromatic rings. The van der Waals surface area contributed by atoms with Gasteiger partial charge in [0.05, 0.1) is 20.8 Å². The summed E-state index contributed by atoms with van der Waals surface area (Å²) in [4.78, 5) is 14.0. The van der Waals surface area contributed by atoms with Crippen LogP contribution in [0.15, 0.2) is 46.1 Å². The highest BCUT2D eigenvalue weighted by molar-refractivity contribution is 7.92. The van der Waals surface area contributed by atoms with Crippen molar-refractivity contribution in [1.82, 2.24) is 4.98 Å². The molecule has 0 atom stereocenters. The highest BCUT2D eigenvalue weighted by atomic mass is 35.5. The molecule has 2 N–H and O–H groups in total. The Hall–Kier alpha value is -1.83. The van der Waals surface area contributed by atoms with E-state index in [1.807, 2.05) is 0 Å². The molecule has 2 aromatic carbocycles. The summed E-state index contributed by atoms with van der Waals surface area (Å²) in [6.45, 7) is 1.68. The van der Waals surface area contributed by atoms with E-state index in [2.05, 4.69) is 9.71 Å². The number of fused-ring (bicyclic) bond motifs is 1. The minimum Gasteiger partial charge on any atom is -0.312 e. The van der Waals surface area contributed by atoms with E-state index in [1.165, 1.54) is 12.1 Å². The Bertz CT molecular complexity index is 1020. The summed E-state index contributed by atoms with van der Waals surface area (Å²) in [5.41, 5.74) is 1.64. The number of halogens is 1. The predicted molar refractivity (Wildman–Crippen MR) is 89.4 cm³/mol. The van der Waals surface area contributed by atoms with Crippen LogP contribution in [0, 0.1) is 6.92 Å². The minimum absolute atomic E-state index is 0.166. The van der Waals surface area contributed by atoms with Crippen LogP contribution in [-0.4, -0.2) is 13.4 Å². The smallest absolute Gasteiger partial charge is 0.305 e. The Labute approximate surface area is 135 Å². The van der Waals surface area contributed by atoms with E-state index in [-0.39, 0.29) is 9.77 Å². The standard InChI is InChI=1S/C14H11ClN2O3S2/c1-8-6-9(15)2-5-13(8)22(19,20)17-10-3-4-11-12(7-10)21-14(18)16-11/h2-7,17H,1H3,(H,16,18). The van der Waals surface area contributed by atoms with E-state index in [9.17, 15) is 13.2 Å². The van der Waals surface area contributed by atoms with Crippen molar-refractivity contribution in [3.63, 3.8) is 0 Å². The van der Waals surface area contributed by atoms with Gasteiger partial charge in [-0.1, -0.05) is 22.9 Å². The normalized spacial score (nSPS) is 11.7. The van der Waals surface area contributed by atoms with Gasteiger partial charge in [-0.05, 0) is 48.9 Å². The number of aromatic amines is 1. The van der Waals surface area contributed by atoms with E-state index in [1.54, 1.807) is 31.2 Å². The quantitative estimate of drug-likeness (QED) is 0.757. The van der Waals surface area contributed by atoms with Crippen molar-refractivity contribution in [3.05, 3.63) is 56.7 Å². The zero-order valence-corrected chi connectivity index (χ0v) is 13.8. The molecule has 3 rings (SSSR count). The van der Waals surface area contributed by atoms with Gasteiger partial charge in [-0.15, -0.1) is 0 Å². The van der Waals surface area contributed by atoms with Gasteiger partial charge in [0.2, 0.25) is 0 Å². The highest BCUT2D eigenvalue weighted by Crippen LogP contribution is 2.24. The highest BCUT2D eigenvalue weighted by Gasteiger charge is 2.17. The molecule has 0 fully saturated rings. The minimum atomic E-state index is -3.71. The molecule has 1 aromatic heterocycles. The second-order valence-corrected chi connectivity index (χ2v) is 7.84. The molecular weight excluding hydrogens is 344 g/mol. The van der Waals surface area contributed by atoms with Gasteiger partial charge in [0.1, 0.15) is 0 Å². The number of aryl methyl sites for hydroxylation is 1. The third kappa shape index (κ3) is 2.87. The lowest BCUT2D eigenvalue weighted by Gasteiger charge is -2.10. The van der Waals surface area contributed by atoms with Crippen LogP contribution in [0.25, 0.3) is 10.2 Å². The maximum atomic E-state index is 12.5. The SMILES string of the molecule is Cc1cc(Cl)ccc1S(=O)(=O)Nc1ccc2[nH]c(=O)sc2c1. The van der Waals surface area contributed by atoms with Crippen LogP contribution < -0.4 is 9.60 Å². The number of anilines is 1. The lowest BCUT2D eigenvalue weighted by atomic mass is 10.2. The van der Waals surface area contributed by atoms with E-state index >= 15 is 0 Å². The summed E-state index contributed by atoms with van der Waals surface area (Å²) < 4.78 is 28.1. The second kappa shape index (κ2) is 5.42. The van der Waals surface area contributed by atoms with Crippen LogP contribution in [0.5, 0.6) is 0 Å². The lowest BCUT2D eigenvalue weighted by Crippen LogP contribution is -2.14. The molecule has 5 nitrogen and oxygen atoms in total. The Morgan fingerprint density at radius 2 is 1.95 bits per heavy atom. The van der Waals surface area contributed by atoms with Gasteiger partial charge in [-0.25, -0.2) is 8.42 Å². The Kier molecular flexibility index (Phi) is 3.72. The average molecular weight is 355 g/mol. The molecule has 0 bridgehead atoms. The van der Waals surface area contributed by atoms with Crippen LogP contribution in [0.1, 0.15) is 5.56 Å². The van der Waals surface area contributed by atoms with Crippen LogP contribution in [0.2, 0.25) is 5.02 Å². The first kappa shape index (κ1) is 15.1. The summed E-state index contributed by atoms with van der Waals surface area (Å²) in [7, 11) is -3.71. The van der Waals surface area contributed by atoms with Crippen LogP contribution in [0.4, 0.5) is 5.69 Å². The number of nitrogens with one attached hydrogen (secondary N) is 2. The molecule has 114 valence electrons. The monoisotopic (exact) mass is 354 g/mol. The molecule has 0 unspecified atom stereocenters. The first-order chi connectivity index (χ1) is 10.3. The largest absolute Gasteiger partial charge is 0.312 e. The van der Waals surface area contributed by atoms with E-state index in [0.717, 1.165) is 11.3 Å². The molecule has 1 heterocycles. The number of hydrogen-bond acceptors (Lipinski definition) is 4. The lowest BCUT2D eigenvalue weighted by molar-refractivity contribution is 0.600. The summed E-state index contributed by atoms with van der Waals surface area (Å²) in [5.74, 6) is 0. The third-order valence-corrected chi connectivity index (χ3v) is 5.72.